The van der Waals surface area contributed by atoms with Gasteiger partial charge in [0.2, 0.25) is 0 Å². The third kappa shape index (κ3) is 4.66. The number of hydrogen-bond acceptors (Lipinski definition) is 3. The van der Waals surface area contributed by atoms with E-state index in [2.05, 4.69) is 70.5 Å². The molecule has 1 aliphatic rings. The molecule has 1 heterocycles. The summed E-state index contributed by atoms with van der Waals surface area (Å²) in [5, 5.41) is 7.57. The molecule has 24 heavy (non-hydrogen) atoms. The lowest BCUT2D eigenvalue weighted by molar-refractivity contribution is 0.0772. The molecule has 1 atom stereocenters. The molecule has 0 aromatic heterocycles. The van der Waals surface area contributed by atoms with Gasteiger partial charge in [0.1, 0.15) is 5.84 Å². The largest absolute Gasteiger partial charge is 0.387 e. The van der Waals surface area contributed by atoms with Gasteiger partial charge in [0, 0.05) is 32.2 Å². The molecule has 126 valence electrons. The third-order valence-corrected chi connectivity index (χ3v) is 4.63. The predicted octanol–water partition coefficient (Wildman–Crippen LogP) is 2.35. The molecule has 2 aromatic carbocycles. The Balaban J connectivity index is 1.71. The summed E-state index contributed by atoms with van der Waals surface area (Å²) in [4.78, 5) is 4.87. The molecule has 1 saturated heterocycles. The summed E-state index contributed by atoms with van der Waals surface area (Å²) in [5.74, 6) is 0.255. The van der Waals surface area contributed by atoms with E-state index < -0.39 is 0 Å². The van der Waals surface area contributed by atoms with Gasteiger partial charge < -0.3 is 5.73 Å². The predicted molar refractivity (Wildman–Crippen MR) is 99.1 cm³/mol. The lowest BCUT2D eigenvalue weighted by Crippen LogP contribution is -2.54. The maximum atomic E-state index is 7.57. The SMILES string of the molecule is N=C(N)CN1CCN(Cc2ccccc2)C(Cc2ccccc2)C1. The van der Waals surface area contributed by atoms with E-state index in [0.717, 1.165) is 32.6 Å². The van der Waals surface area contributed by atoms with Crippen LogP contribution in [0, 0.1) is 5.41 Å². The van der Waals surface area contributed by atoms with Crippen LogP contribution in [0.5, 0.6) is 0 Å². The first-order chi connectivity index (χ1) is 11.7. The summed E-state index contributed by atoms with van der Waals surface area (Å²) in [6, 6.07) is 21.8. The van der Waals surface area contributed by atoms with Gasteiger partial charge in [0.05, 0.1) is 6.54 Å². The Morgan fingerprint density at radius 2 is 1.58 bits per heavy atom. The Morgan fingerprint density at radius 3 is 2.21 bits per heavy atom. The molecule has 4 nitrogen and oxygen atoms in total. The van der Waals surface area contributed by atoms with Crippen LogP contribution in [0.3, 0.4) is 0 Å². The van der Waals surface area contributed by atoms with Gasteiger partial charge in [-0.2, -0.15) is 0 Å². The molecule has 3 N–H and O–H groups in total. The second-order valence-electron chi connectivity index (χ2n) is 6.56. The zero-order valence-corrected chi connectivity index (χ0v) is 14.1. The van der Waals surface area contributed by atoms with Crippen LogP contribution in [-0.2, 0) is 13.0 Å². The highest BCUT2D eigenvalue weighted by Crippen LogP contribution is 2.18. The molecule has 0 bridgehead atoms. The monoisotopic (exact) mass is 322 g/mol. The van der Waals surface area contributed by atoms with Crippen LogP contribution >= 0.6 is 0 Å². The fourth-order valence-corrected chi connectivity index (χ4v) is 3.45. The standard InChI is InChI=1S/C20H26N4/c21-20(22)16-23-11-12-24(14-18-9-5-2-6-10-18)19(15-23)13-17-7-3-1-4-8-17/h1-10,19H,11-16H2,(H3,21,22). The Bertz CT molecular complexity index is 641. The topological polar surface area (TPSA) is 56.4 Å². The Labute approximate surface area is 144 Å². The minimum Gasteiger partial charge on any atom is -0.387 e. The van der Waals surface area contributed by atoms with Crippen molar-refractivity contribution >= 4 is 5.84 Å². The fraction of sp³-hybridized carbons (Fsp3) is 0.350. The highest BCUT2D eigenvalue weighted by atomic mass is 15.3. The molecule has 4 heteroatoms. The average Bonchev–Trinajstić information content (AvgIpc) is 2.59. The fourth-order valence-electron chi connectivity index (χ4n) is 3.45. The molecule has 0 spiro atoms. The van der Waals surface area contributed by atoms with E-state index in [-0.39, 0.29) is 5.84 Å². The zero-order valence-electron chi connectivity index (χ0n) is 14.1. The maximum Gasteiger partial charge on any atom is 0.105 e. The minimum absolute atomic E-state index is 0.255. The number of nitrogens with two attached hydrogens (primary N) is 1. The normalized spacial score (nSPS) is 19.2. The first-order valence-corrected chi connectivity index (χ1v) is 8.58. The summed E-state index contributed by atoms with van der Waals surface area (Å²) in [7, 11) is 0. The van der Waals surface area contributed by atoms with E-state index >= 15 is 0 Å². The number of amidine groups is 1. The number of rotatable bonds is 6. The number of hydrogen-bond donors (Lipinski definition) is 2. The Hall–Kier alpha value is -2.17. The third-order valence-electron chi connectivity index (χ3n) is 4.63. The molecule has 3 rings (SSSR count). The van der Waals surface area contributed by atoms with Crippen LogP contribution < -0.4 is 5.73 Å². The van der Waals surface area contributed by atoms with Gasteiger partial charge in [0.25, 0.3) is 0 Å². The van der Waals surface area contributed by atoms with E-state index in [1.54, 1.807) is 0 Å². The highest BCUT2D eigenvalue weighted by molar-refractivity contribution is 5.78. The Kier molecular flexibility index (Phi) is 5.62. The molecule has 0 aliphatic carbocycles. The second-order valence-corrected chi connectivity index (χ2v) is 6.56. The summed E-state index contributed by atoms with van der Waals surface area (Å²) in [5.41, 5.74) is 8.33. The Morgan fingerprint density at radius 1 is 0.958 bits per heavy atom. The van der Waals surface area contributed by atoms with Gasteiger partial charge in [-0.3, -0.25) is 15.2 Å². The molecule has 0 amide bonds. The van der Waals surface area contributed by atoms with Gasteiger partial charge >= 0.3 is 0 Å². The van der Waals surface area contributed by atoms with Gasteiger partial charge in [-0.05, 0) is 17.5 Å². The average molecular weight is 322 g/mol. The van der Waals surface area contributed by atoms with E-state index in [1.807, 2.05) is 0 Å². The van der Waals surface area contributed by atoms with Crippen molar-refractivity contribution in [1.29, 1.82) is 5.41 Å². The molecule has 0 radical (unpaired) electrons. The number of benzene rings is 2. The van der Waals surface area contributed by atoms with Crippen LogP contribution in [0.25, 0.3) is 0 Å². The van der Waals surface area contributed by atoms with E-state index in [9.17, 15) is 0 Å². The van der Waals surface area contributed by atoms with Crippen molar-refractivity contribution < 1.29 is 0 Å². The van der Waals surface area contributed by atoms with Crippen LogP contribution in [0.15, 0.2) is 60.7 Å². The number of nitrogens with zero attached hydrogens (tertiary/aromatic N) is 2. The van der Waals surface area contributed by atoms with Crippen molar-refractivity contribution in [2.24, 2.45) is 5.73 Å². The smallest absolute Gasteiger partial charge is 0.105 e. The van der Waals surface area contributed by atoms with E-state index in [1.165, 1.54) is 11.1 Å². The van der Waals surface area contributed by atoms with Crippen LogP contribution in [0.4, 0.5) is 0 Å². The molecule has 1 fully saturated rings. The van der Waals surface area contributed by atoms with Crippen LogP contribution in [0.1, 0.15) is 11.1 Å². The lowest BCUT2D eigenvalue weighted by atomic mass is 10.0. The van der Waals surface area contributed by atoms with Gasteiger partial charge in [-0.1, -0.05) is 60.7 Å². The van der Waals surface area contributed by atoms with Crippen molar-refractivity contribution in [3.63, 3.8) is 0 Å². The summed E-state index contributed by atoms with van der Waals surface area (Å²) < 4.78 is 0. The first-order valence-electron chi connectivity index (χ1n) is 8.58. The van der Waals surface area contributed by atoms with Crippen LogP contribution in [-0.4, -0.2) is 47.9 Å². The minimum atomic E-state index is 0.255. The molecule has 1 unspecified atom stereocenters. The summed E-state index contributed by atoms with van der Waals surface area (Å²) in [6.07, 6.45) is 1.03. The second kappa shape index (κ2) is 8.08. The maximum absolute atomic E-state index is 7.57. The molecular formula is C20H26N4. The van der Waals surface area contributed by atoms with Crippen LogP contribution in [0.2, 0.25) is 0 Å². The molecule has 0 saturated carbocycles. The zero-order chi connectivity index (χ0) is 16.8. The molecular weight excluding hydrogens is 296 g/mol. The van der Waals surface area contributed by atoms with E-state index in [4.69, 9.17) is 11.1 Å². The number of piperazine rings is 1. The van der Waals surface area contributed by atoms with Crippen molar-refractivity contribution in [3.8, 4) is 0 Å². The number of nitrogens with one attached hydrogen (secondary N) is 1. The van der Waals surface area contributed by atoms with Crippen molar-refractivity contribution in [2.45, 2.75) is 19.0 Å². The van der Waals surface area contributed by atoms with Gasteiger partial charge in [-0.15, -0.1) is 0 Å². The summed E-state index contributed by atoms with van der Waals surface area (Å²) >= 11 is 0. The van der Waals surface area contributed by atoms with Gasteiger partial charge in [0.15, 0.2) is 0 Å². The van der Waals surface area contributed by atoms with E-state index in [0.29, 0.717) is 12.6 Å². The molecule has 1 aliphatic heterocycles. The summed E-state index contributed by atoms with van der Waals surface area (Å²) in [6.45, 7) is 4.50. The van der Waals surface area contributed by atoms with Crippen molar-refractivity contribution in [1.82, 2.24) is 9.80 Å². The van der Waals surface area contributed by atoms with Crippen molar-refractivity contribution in [3.05, 3.63) is 71.8 Å². The quantitative estimate of drug-likeness (QED) is 0.634. The highest BCUT2D eigenvalue weighted by Gasteiger charge is 2.27. The molecule has 2 aromatic rings. The van der Waals surface area contributed by atoms with Gasteiger partial charge in [-0.25, -0.2) is 0 Å². The lowest BCUT2D eigenvalue weighted by Gasteiger charge is -2.41. The first kappa shape index (κ1) is 16.7. The van der Waals surface area contributed by atoms with Crippen molar-refractivity contribution in [2.75, 3.05) is 26.2 Å².